The lowest BCUT2D eigenvalue weighted by Crippen LogP contribution is -2.17. The average molecular weight is 600 g/mol. The minimum Gasteiger partial charge on any atom is -0.378 e. The molecular formula is C41H77NO. The molecule has 43 heavy (non-hydrogen) atoms. The molecule has 0 amide bonds. The van der Waals surface area contributed by atoms with Crippen LogP contribution in [0, 0.1) is 0 Å². The number of nitrogens with one attached hydrogen (secondary N) is 1. The summed E-state index contributed by atoms with van der Waals surface area (Å²) >= 11 is 0. The quantitative estimate of drug-likeness (QED) is 0.0578. The lowest BCUT2D eigenvalue weighted by molar-refractivity contribution is 0.0370. The van der Waals surface area contributed by atoms with E-state index in [-0.39, 0.29) is 0 Å². The maximum Gasteiger partial charge on any atom is 0.0575 e. The Morgan fingerprint density at radius 3 is 1.16 bits per heavy atom. The van der Waals surface area contributed by atoms with E-state index in [0.717, 1.165) is 19.6 Å². The van der Waals surface area contributed by atoms with E-state index < -0.39 is 0 Å². The van der Waals surface area contributed by atoms with Crippen LogP contribution in [0.2, 0.25) is 0 Å². The molecule has 0 rings (SSSR count). The van der Waals surface area contributed by atoms with Crippen LogP contribution >= 0.6 is 0 Å². The van der Waals surface area contributed by atoms with Gasteiger partial charge >= 0.3 is 0 Å². The topological polar surface area (TPSA) is 21.3 Å². The van der Waals surface area contributed by atoms with Gasteiger partial charge in [0.15, 0.2) is 0 Å². The highest BCUT2D eigenvalue weighted by Gasteiger charge is 2.09. The molecule has 0 aliphatic carbocycles. The molecule has 1 N–H and O–H groups in total. The second-order valence-corrected chi connectivity index (χ2v) is 12.8. The van der Waals surface area contributed by atoms with Crippen molar-refractivity contribution < 1.29 is 4.74 Å². The molecule has 0 aromatic rings. The fourth-order valence-corrected chi connectivity index (χ4v) is 5.57. The van der Waals surface area contributed by atoms with Gasteiger partial charge in [-0.1, -0.05) is 165 Å². The monoisotopic (exact) mass is 600 g/mol. The molecule has 0 atom stereocenters. The van der Waals surface area contributed by atoms with Crippen LogP contribution in [0.4, 0.5) is 0 Å². The zero-order chi connectivity index (χ0) is 31.2. The SMILES string of the molecule is CCCCCC/C=C/C=C\CCCCCCCCC(CCCCCCCC/C=C\C=C\CCCCCC)OCCCNC. The smallest absolute Gasteiger partial charge is 0.0575 e. The summed E-state index contributed by atoms with van der Waals surface area (Å²) in [6.07, 6.45) is 54.7. The second kappa shape index (κ2) is 38.9. The summed E-state index contributed by atoms with van der Waals surface area (Å²) < 4.78 is 6.33. The Labute approximate surface area is 271 Å². The molecule has 0 aliphatic heterocycles. The van der Waals surface area contributed by atoms with Gasteiger partial charge in [-0.25, -0.2) is 0 Å². The van der Waals surface area contributed by atoms with Crippen molar-refractivity contribution in [3.8, 4) is 0 Å². The summed E-state index contributed by atoms with van der Waals surface area (Å²) in [6, 6.07) is 0. The third-order valence-corrected chi connectivity index (χ3v) is 8.43. The summed E-state index contributed by atoms with van der Waals surface area (Å²) in [5.41, 5.74) is 0. The molecule has 2 nitrogen and oxygen atoms in total. The Morgan fingerprint density at radius 1 is 0.442 bits per heavy atom. The Bertz CT molecular complexity index is 571. The third-order valence-electron chi connectivity index (χ3n) is 8.43. The maximum atomic E-state index is 6.33. The molecule has 2 heteroatoms. The fourth-order valence-electron chi connectivity index (χ4n) is 5.57. The first-order valence-corrected chi connectivity index (χ1v) is 19.2. The predicted molar refractivity (Wildman–Crippen MR) is 196 cm³/mol. The Balaban J connectivity index is 3.77. The minimum atomic E-state index is 0.478. The normalized spacial score (nSPS) is 12.5. The first kappa shape index (κ1) is 41.9. The van der Waals surface area contributed by atoms with E-state index >= 15 is 0 Å². The largest absolute Gasteiger partial charge is 0.378 e. The van der Waals surface area contributed by atoms with E-state index in [4.69, 9.17) is 4.74 Å². The summed E-state index contributed by atoms with van der Waals surface area (Å²) in [4.78, 5) is 0. The van der Waals surface area contributed by atoms with Gasteiger partial charge in [-0.15, -0.1) is 0 Å². The molecular weight excluding hydrogens is 522 g/mol. The van der Waals surface area contributed by atoms with Crippen molar-refractivity contribution in [3.63, 3.8) is 0 Å². The zero-order valence-electron chi connectivity index (χ0n) is 29.6. The Kier molecular flexibility index (Phi) is 37.9. The molecule has 0 heterocycles. The lowest BCUT2D eigenvalue weighted by atomic mass is 10.0. The Morgan fingerprint density at radius 2 is 0.791 bits per heavy atom. The molecule has 0 aromatic heterocycles. The Hall–Kier alpha value is -1.12. The van der Waals surface area contributed by atoms with Gasteiger partial charge in [0.05, 0.1) is 6.10 Å². The maximum absolute atomic E-state index is 6.33. The number of rotatable bonds is 35. The van der Waals surface area contributed by atoms with Gasteiger partial charge in [0, 0.05) is 6.61 Å². The van der Waals surface area contributed by atoms with Gasteiger partial charge in [0.1, 0.15) is 0 Å². The first-order chi connectivity index (χ1) is 21.3. The van der Waals surface area contributed by atoms with Crippen molar-refractivity contribution in [1.29, 1.82) is 0 Å². The fraction of sp³-hybridized carbons (Fsp3) is 0.805. The van der Waals surface area contributed by atoms with Gasteiger partial charge in [0.2, 0.25) is 0 Å². The molecule has 0 saturated heterocycles. The molecule has 0 radical (unpaired) electrons. The highest BCUT2D eigenvalue weighted by atomic mass is 16.5. The summed E-state index contributed by atoms with van der Waals surface area (Å²) in [7, 11) is 2.03. The molecule has 0 fully saturated rings. The van der Waals surface area contributed by atoms with Crippen LogP contribution < -0.4 is 5.32 Å². The van der Waals surface area contributed by atoms with Crippen LogP contribution in [0.15, 0.2) is 48.6 Å². The van der Waals surface area contributed by atoms with Crippen LogP contribution in [0.1, 0.15) is 187 Å². The van der Waals surface area contributed by atoms with E-state index in [0.29, 0.717) is 6.10 Å². The van der Waals surface area contributed by atoms with Crippen molar-refractivity contribution in [2.75, 3.05) is 20.2 Å². The molecule has 0 unspecified atom stereocenters. The number of ether oxygens (including phenoxy) is 1. The van der Waals surface area contributed by atoms with E-state index in [1.54, 1.807) is 0 Å². The van der Waals surface area contributed by atoms with Gasteiger partial charge in [-0.05, 0) is 84.2 Å². The molecule has 0 aromatic carbocycles. The van der Waals surface area contributed by atoms with E-state index in [1.807, 2.05) is 7.05 Å². The zero-order valence-corrected chi connectivity index (χ0v) is 29.6. The van der Waals surface area contributed by atoms with Crippen molar-refractivity contribution >= 4 is 0 Å². The minimum absolute atomic E-state index is 0.478. The molecule has 0 saturated carbocycles. The van der Waals surface area contributed by atoms with Crippen molar-refractivity contribution in [1.82, 2.24) is 5.32 Å². The first-order valence-electron chi connectivity index (χ1n) is 19.2. The summed E-state index contributed by atoms with van der Waals surface area (Å²) in [6.45, 7) is 6.52. The van der Waals surface area contributed by atoms with Crippen LogP contribution in [0.25, 0.3) is 0 Å². The van der Waals surface area contributed by atoms with Crippen LogP contribution in [0.5, 0.6) is 0 Å². The van der Waals surface area contributed by atoms with Gasteiger partial charge < -0.3 is 10.1 Å². The van der Waals surface area contributed by atoms with E-state index in [1.165, 1.54) is 167 Å². The van der Waals surface area contributed by atoms with Crippen LogP contribution in [-0.4, -0.2) is 26.3 Å². The number of hydrogen-bond acceptors (Lipinski definition) is 2. The standard InChI is InChI=1S/C41H77NO/c1-4-6-8-10-12-14-16-18-20-22-24-26-28-30-32-34-37-41(43-40-36-39-42-3)38-35-33-31-29-27-25-23-21-19-17-15-13-11-9-7-5-2/h14-21,41-42H,4-13,22-40H2,1-3H3/b16-14+,17-15+,20-18-,21-19-. The molecule has 0 spiro atoms. The van der Waals surface area contributed by atoms with Crippen molar-refractivity contribution in [3.05, 3.63) is 48.6 Å². The number of unbranched alkanes of at least 4 members (excludes halogenated alkanes) is 20. The molecule has 0 bridgehead atoms. The van der Waals surface area contributed by atoms with E-state index in [2.05, 4.69) is 67.8 Å². The molecule has 252 valence electrons. The number of allylic oxidation sites excluding steroid dienone is 8. The highest BCUT2D eigenvalue weighted by molar-refractivity contribution is 5.02. The van der Waals surface area contributed by atoms with Crippen LogP contribution in [-0.2, 0) is 4.74 Å². The average Bonchev–Trinajstić information content (AvgIpc) is 3.02. The predicted octanol–water partition coefficient (Wildman–Crippen LogP) is 13.4. The third kappa shape index (κ3) is 37.0. The lowest BCUT2D eigenvalue weighted by Gasteiger charge is -2.18. The number of hydrogen-bond donors (Lipinski definition) is 1. The van der Waals surface area contributed by atoms with Gasteiger partial charge in [-0.3, -0.25) is 0 Å². The van der Waals surface area contributed by atoms with Crippen LogP contribution in [0.3, 0.4) is 0 Å². The highest BCUT2D eigenvalue weighted by Crippen LogP contribution is 2.17. The van der Waals surface area contributed by atoms with Gasteiger partial charge in [0.25, 0.3) is 0 Å². The van der Waals surface area contributed by atoms with Crippen molar-refractivity contribution in [2.45, 2.75) is 193 Å². The second-order valence-electron chi connectivity index (χ2n) is 12.8. The summed E-state index contributed by atoms with van der Waals surface area (Å²) in [5.74, 6) is 0. The van der Waals surface area contributed by atoms with E-state index in [9.17, 15) is 0 Å². The van der Waals surface area contributed by atoms with Crippen molar-refractivity contribution in [2.24, 2.45) is 0 Å². The summed E-state index contributed by atoms with van der Waals surface area (Å²) in [5, 5.41) is 3.25. The van der Waals surface area contributed by atoms with Gasteiger partial charge in [-0.2, -0.15) is 0 Å². The molecule has 0 aliphatic rings.